The third kappa shape index (κ3) is 6.65. The van der Waals surface area contributed by atoms with Crippen LogP contribution in [0.3, 0.4) is 0 Å². The van der Waals surface area contributed by atoms with Crippen molar-refractivity contribution in [2.75, 3.05) is 53.3 Å². The molecule has 0 spiro atoms. The molecule has 0 atom stereocenters. The Morgan fingerprint density at radius 3 is 2.15 bits per heavy atom. The number of esters is 1. The summed E-state index contributed by atoms with van der Waals surface area (Å²) >= 11 is 0. The molecule has 1 saturated carbocycles. The fraction of sp³-hybridized carbons (Fsp3) is 0.929. The first-order chi connectivity index (χ1) is 9.72. The topological polar surface area (TPSA) is 80.0 Å². The highest BCUT2D eigenvalue weighted by Crippen LogP contribution is 2.43. The van der Waals surface area contributed by atoms with Gasteiger partial charge in [-0.1, -0.05) is 6.42 Å². The van der Waals surface area contributed by atoms with Crippen molar-refractivity contribution in [2.45, 2.75) is 25.7 Å². The molecule has 0 aromatic heterocycles. The Hall–Kier alpha value is -0.690. The fourth-order valence-corrected chi connectivity index (χ4v) is 2.17. The number of rotatable bonds is 12. The Labute approximate surface area is 120 Å². The number of carbonyl (C=O) groups is 1. The van der Waals surface area contributed by atoms with Crippen LogP contribution in [0.4, 0.5) is 0 Å². The van der Waals surface area contributed by atoms with Crippen molar-refractivity contribution in [1.82, 2.24) is 0 Å². The van der Waals surface area contributed by atoms with Gasteiger partial charge in [0.25, 0.3) is 0 Å². The third-order valence-electron chi connectivity index (χ3n) is 3.66. The van der Waals surface area contributed by atoms with Gasteiger partial charge in [-0.3, -0.25) is 4.79 Å². The van der Waals surface area contributed by atoms with E-state index in [0.717, 1.165) is 19.3 Å². The van der Waals surface area contributed by atoms with Crippen LogP contribution in [-0.2, 0) is 23.7 Å². The summed E-state index contributed by atoms with van der Waals surface area (Å²) in [6.07, 6.45) is 3.67. The van der Waals surface area contributed by atoms with Gasteiger partial charge in [0.1, 0.15) is 6.61 Å². The van der Waals surface area contributed by atoms with Crippen molar-refractivity contribution in [3.05, 3.63) is 0 Å². The fourth-order valence-electron chi connectivity index (χ4n) is 2.17. The molecule has 6 heteroatoms. The van der Waals surface area contributed by atoms with Crippen LogP contribution >= 0.6 is 0 Å². The number of hydrogen-bond acceptors (Lipinski definition) is 6. The summed E-state index contributed by atoms with van der Waals surface area (Å²) in [5, 5.41) is 0. The van der Waals surface area contributed by atoms with E-state index in [1.807, 2.05) is 0 Å². The Kier molecular flexibility index (Phi) is 8.77. The van der Waals surface area contributed by atoms with E-state index in [-0.39, 0.29) is 18.0 Å². The summed E-state index contributed by atoms with van der Waals surface area (Å²) in [7, 11) is 1.63. The Morgan fingerprint density at radius 2 is 1.65 bits per heavy atom. The van der Waals surface area contributed by atoms with Gasteiger partial charge in [-0.25, -0.2) is 0 Å². The minimum absolute atomic E-state index is 0.00707. The van der Waals surface area contributed by atoms with E-state index >= 15 is 0 Å². The highest BCUT2D eigenvalue weighted by Gasteiger charge is 2.37. The number of carbonyl (C=O) groups excluding carboxylic acids is 1. The van der Waals surface area contributed by atoms with Gasteiger partial charge in [-0.2, -0.15) is 0 Å². The van der Waals surface area contributed by atoms with Gasteiger partial charge < -0.3 is 24.7 Å². The van der Waals surface area contributed by atoms with Crippen LogP contribution in [0.5, 0.6) is 0 Å². The Bertz CT molecular complexity index is 263. The predicted octanol–water partition coefficient (Wildman–Crippen LogP) is 0.728. The van der Waals surface area contributed by atoms with E-state index < -0.39 is 0 Å². The van der Waals surface area contributed by atoms with Crippen LogP contribution in [0, 0.1) is 5.41 Å². The largest absolute Gasteiger partial charge is 0.463 e. The molecule has 0 heterocycles. The van der Waals surface area contributed by atoms with Crippen molar-refractivity contribution >= 4 is 5.97 Å². The standard InChI is InChI=1S/C14H27NO5/c1-17-5-6-18-7-8-19-9-10-20-13(16)11-14(12-15)3-2-4-14/h2-12,15H2,1H3. The monoisotopic (exact) mass is 289 g/mol. The van der Waals surface area contributed by atoms with E-state index in [4.69, 9.17) is 24.7 Å². The Balaban J connectivity index is 1.89. The molecule has 2 N–H and O–H groups in total. The minimum Gasteiger partial charge on any atom is -0.463 e. The number of ether oxygens (including phenoxy) is 4. The zero-order valence-corrected chi connectivity index (χ0v) is 12.4. The molecule has 1 aliphatic rings. The molecule has 118 valence electrons. The molecular weight excluding hydrogens is 262 g/mol. The van der Waals surface area contributed by atoms with Gasteiger partial charge in [-0.15, -0.1) is 0 Å². The van der Waals surface area contributed by atoms with E-state index in [2.05, 4.69) is 0 Å². The lowest BCUT2D eigenvalue weighted by atomic mass is 9.67. The van der Waals surface area contributed by atoms with E-state index in [1.54, 1.807) is 7.11 Å². The number of methoxy groups -OCH3 is 1. The Morgan fingerprint density at radius 1 is 1.05 bits per heavy atom. The first kappa shape index (κ1) is 17.4. The molecule has 0 amide bonds. The van der Waals surface area contributed by atoms with Crippen LogP contribution in [-0.4, -0.2) is 59.3 Å². The van der Waals surface area contributed by atoms with Gasteiger partial charge in [0.15, 0.2) is 0 Å². The zero-order chi connectivity index (χ0) is 14.7. The second kappa shape index (κ2) is 10.1. The molecule has 0 saturated heterocycles. The maximum absolute atomic E-state index is 11.6. The van der Waals surface area contributed by atoms with Crippen molar-refractivity contribution in [2.24, 2.45) is 11.1 Å². The maximum Gasteiger partial charge on any atom is 0.306 e. The summed E-state index contributed by atoms with van der Waals surface area (Å²) in [6.45, 7) is 3.42. The quantitative estimate of drug-likeness (QED) is 0.421. The van der Waals surface area contributed by atoms with Crippen molar-refractivity contribution in [1.29, 1.82) is 0 Å². The molecule has 0 aromatic carbocycles. The van der Waals surface area contributed by atoms with Crippen molar-refractivity contribution < 1.29 is 23.7 Å². The molecule has 0 radical (unpaired) electrons. The lowest BCUT2D eigenvalue weighted by molar-refractivity contribution is -0.149. The van der Waals surface area contributed by atoms with Crippen LogP contribution < -0.4 is 5.73 Å². The SMILES string of the molecule is COCCOCCOCCOC(=O)CC1(CN)CCC1. The number of nitrogens with two attached hydrogens (primary N) is 1. The van der Waals surface area contributed by atoms with Gasteiger partial charge in [0, 0.05) is 7.11 Å². The second-order valence-electron chi connectivity index (χ2n) is 5.17. The molecule has 1 rings (SSSR count). The average molecular weight is 289 g/mol. The number of hydrogen-bond donors (Lipinski definition) is 1. The molecule has 6 nitrogen and oxygen atoms in total. The highest BCUT2D eigenvalue weighted by atomic mass is 16.6. The van der Waals surface area contributed by atoms with E-state index in [9.17, 15) is 4.79 Å². The van der Waals surface area contributed by atoms with Gasteiger partial charge >= 0.3 is 5.97 Å². The van der Waals surface area contributed by atoms with E-state index in [1.165, 1.54) is 0 Å². The van der Waals surface area contributed by atoms with Crippen LogP contribution in [0.1, 0.15) is 25.7 Å². The summed E-state index contributed by atoms with van der Waals surface area (Å²) < 4.78 is 20.5. The smallest absolute Gasteiger partial charge is 0.306 e. The zero-order valence-electron chi connectivity index (χ0n) is 12.4. The molecule has 20 heavy (non-hydrogen) atoms. The van der Waals surface area contributed by atoms with Crippen LogP contribution in [0.15, 0.2) is 0 Å². The molecule has 0 aliphatic heterocycles. The predicted molar refractivity (Wildman–Crippen MR) is 74.4 cm³/mol. The van der Waals surface area contributed by atoms with Crippen molar-refractivity contribution in [3.8, 4) is 0 Å². The summed E-state index contributed by atoms with van der Waals surface area (Å²) in [5.41, 5.74) is 5.71. The molecule has 0 bridgehead atoms. The van der Waals surface area contributed by atoms with Gasteiger partial charge in [0.05, 0.1) is 39.5 Å². The lowest BCUT2D eigenvalue weighted by Crippen LogP contribution is -2.39. The van der Waals surface area contributed by atoms with Crippen LogP contribution in [0.25, 0.3) is 0 Å². The molecule has 1 aliphatic carbocycles. The molecule has 0 aromatic rings. The second-order valence-corrected chi connectivity index (χ2v) is 5.17. The maximum atomic E-state index is 11.6. The van der Waals surface area contributed by atoms with Gasteiger partial charge in [0.2, 0.25) is 0 Å². The van der Waals surface area contributed by atoms with Crippen molar-refractivity contribution in [3.63, 3.8) is 0 Å². The highest BCUT2D eigenvalue weighted by molar-refractivity contribution is 5.70. The normalized spacial score (nSPS) is 16.7. The summed E-state index contributed by atoms with van der Waals surface area (Å²) in [5.74, 6) is -0.171. The molecular formula is C14H27NO5. The first-order valence-electron chi connectivity index (χ1n) is 7.22. The average Bonchev–Trinajstić information content (AvgIpc) is 2.41. The van der Waals surface area contributed by atoms with Crippen LogP contribution in [0.2, 0.25) is 0 Å². The minimum atomic E-state index is -0.171. The molecule has 0 unspecified atom stereocenters. The third-order valence-corrected chi connectivity index (χ3v) is 3.66. The van der Waals surface area contributed by atoms with E-state index in [0.29, 0.717) is 46.0 Å². The summed E-state index contributed by atoms with van der Waals surface area (Å²) in [4.78, 5) is 11.6. The summed E-state index contributed by atoms with van der Waals surface area (Å²) in [6, 6.07) is 0. The lowest BCUT2D eigenvalue weighted by Gasteiger charge is -2.40. The molecule has 1 fully saturated rings. The first-order valence-corrected chi connectivity index (χ1v) is 7.22. The van der Waals surface area contributed by atoms with Gasteiger partial charge in [-0.05, 0) is 24.8 Å².